The number of rotatable bonds is 8. The lowest BCUT2D eigenvalue weighted by Crippen LogP contribution is -2.35. The first-order chi connectivity index (χ1) is 9.46. The molecule has 1 fully saturated rings. The normalized spacial score (nSPS) is 16.1. The highest BCUT2D eigenvalue weighted by molar-refractivity contribution is 5.16. The van der Waals surface area contributed by atoms with E-state index < -0.39 is 0 Å². The third-order valence-electron chi connectivity index (χ3n) is 3.63. The predicted molar refractivity (Wildman–Crippen MR) is 80.6 cm³/mol. The minimum Gasteiger partial charge on any atom is -0.468 e. The van der Waals surface area contributed by atoms with Crippen LogP contribution in [0.15, 0.2) is 16.7 Å². The monoisotopic (exact) mass is 280 g/mol. The fourth-order valence-electron chi connectivity index (χ4n) is 2.08. The first-order valence-electron chi connectivity index (χ1n) is 7.54. The molecule has 0 bridgehead atoms. The van der Waals surface area contributed by atoms with Gasteiger partial charge in [-0.15, -0.1) is 0 Å². The highest BCUT2D eigenvalue weighted by atomic mass is 16.5. The Morgan fingerprint density at radius 1 is 1.40 bits per heavy atom. The Balaban J connectivity index is 1.68. The van der Waals surface area contributed by atoms with Crippen LogP contribution in [0.5, 0.6) is 0 Å². The molecule has 0 saturated heterocycles. The van der Waals surface area contributed by atoms with Gasteiger partial charge in [0.2, 0.25) is 0 Å². The van der Waals surface area contributed by atoms with Gasteiger partial charge in [0.05, 0.1) is 26.0 Å². The summed E-state index contributed by atoms with van der Waals surface area (Å²) in [5.41, 5.74) is 1.24. The van der Waals surface area contributed by atoms with E-state index >= 15 is 0 Å². The molecule has 20 heavy (non-hydrogen) atoms. The maximum Gasteiger partial charge on any atom is 0.123 e. The lowest BCUT2D eigenvalue weighted by molar-refractivity contribution is 0.0967. The predicted octanol–water partition coefficient (Wildman–Crippen LogP) is 2.78. The van der Waals surface area contributed by atoms with Gasteiger partial charge in [-0.2, -0.15) is 0 Å². The van der Waals surface area contributed by atoms with E-state index in [0.29, 0.717) is 6.61 Å². The topological polar surface area (TPSA) is 37.6 Å². The van der Waals surface area contributed by atoms with Gasteiger partial charge in [-0.3, -0.25) is 0 Å². The van der Waals surface area contributed by atoms with Gasteiger partial charge >= 0.3 is 0 Å². The average molecular weight is 280 g/mol. The van der Waals surface area contributed by atoms with Crippen molar-refractivity contribution in [2.24, 2.45) is 0 Å². The summed E-state index contributed by atoms with van der Waals surface area (Å²) < 4.78 is 11.3. The Bertz CT molecular complexity index is 405. The molecule has 1 N–H and O–H groups in total. The van der Waals surface area contributed by atoms with Gasteiger partial charge in [0, 0.05) is 23.7 Å². The molecule has 0 unspecified atom stereocenters. The minimum absolute atomic E-state index is 0.0951. The number of furan rings is 1. The molecule has 0 aliphatic heterocycles. The Morgan fingerprint density at radius 3 is 2.80 bits per heavy atom. The molecule has 4 heteroatoms. The summed E-state index contributed by atoms with van der Waals surface area (Å²) in [4.78, 5) is 2.39. The second-order valence-electron chi connectivity index (χ2n) is 6.74. The molecule has 1 aromatic heterocycles. The van der Waals surface area contributed by atoms with Gasteiger partial charge in [-0.1, -0.05) is 0 Å². The van der Waals surface area contributed by atoms with Gasteiger partial charge in [0.25, 0.3) is 0 Å². The van der Waals surface area contributed by atoms with Crippen molar-refractivity contribution in [2.75, 3.05) is 20.2 Å². The van der Waals surface area contributed by atoms with E-state index in [-0.39, 0.29) is 5.54 Å². The van der Waals surface area contributed by atoms with Crippen molar-refractivity contribution >= 4 is 0 Å². The SMILES string of the molecule is CN(CCOCc1ccoc1CNC(C)(C)C)C1CC1. The molecule has 4 nitrogen and oxygen atoms in total. The van der Waals surface area contributed by atoms with E-state index in [4.69, 9.17) is 9.15 Å². The van der Waals surface area contributed by atoms with Crippen molar-refractivity contribution in [1.82, 2.24) is 10.2 Å². The van der Waals surface area contributed by atoms with Crippen LogP contribution in [0, 0.1) is 0 Å². The van der Waals surface area contributed by atoms with Gasteiger partial charge in [0.1, 0.15) is 5.76 Å². The van der Waals surface area contributed by atoms with E-state index in [1.54, 1.807) is 6.26 Å². The molecule has 0 aromatic carbocycles. The lowest BCUT2D eigenvalue weighted by atomic mass is 10.1. The van der Waals surface area contributed by atoms with Gasteiger partial charge < -0.3 is 19.4 Å². The molecule has 1 heterocycles. The van der Waals surface area contributed by atoms with E-state index in [2.05, 4.69) is 38.0 Å². The summed E-state index contributed by atoms with van der Waals surface area (Å²) in [7, 11) is 2.18. The molecule has 0 atom stereocenters. The van der Waals surface area contributed by atoms with Crippen molar-refractivity contribution < 1.29 is 9.15 Å². The van der Waals surface area contributed by atoms with Crippen LogP contribution in [0.25, 0.3) is 0 Å². The summed E-state index contributed by atoms with van der Waals surface area (Å²) in [6.45, 7) is 9.63. The Kier molecular flexibility index (Phi) is 5.24. The van der Waals surface area contributed by atoms with Crippen LogP contribution in [0.2, 0.25) is 0 Å². The van der Waals surface area contributed by atoms with Crippen LogP contribution in [-0.4, -0.2) is 36.7 Å². The van der Waals surface area contributed by atoms with Crippen molar-refractivity contribution in [2.45, 2.75) is 58.3 Å². The number of hydrogen-bond donors (Lipinski definition) is 1. The average Bonchev–Trinajstić information content (AvgIpc) is 3.12. The van der Waals surface area contributed by atoms with E-state index in [1.807, 2.05) is 6.07 Å². The van der Waals surface area contributed by atoms with Gasteiger partial charge in [-0.05, 0) is 46.7 Å². The number of nitrogens with one attached hydrogen (secondary N) is 1. The number of ether oxygens (including phenoxy) is 1. The molecule has 0 amide bonds. The Morgan fingerprint density at radius 2 is 2.15 bits per heavy atom. The quantitative estimate of drug-likeness (QED) is 0.743. The number of hydrogen-bond acceptors (Lipinski definition) is 4. The van der Waals surface area contributed by atoms with Crippen LogP contribution in [0.3, 0.4) is 0 Å². The number of likely N-dealkylation sites (N-methyl/N-ethyl adjacent to an activating group) is 1. The van der Waals surface area contributed by atoms with Crippen LogP contribution in [0.4, 0.5) is 0 Å². The van der Waals surface area contributed by atoms with Gasteiger partial charge in [0.15, 0.2) is 0 Å². The Labute approximate surface area is 122 Å². The fourth-order valence-corrected chi connectivity index (χ4v) is 2.08. The molecule has 2 rings (SSSR count). The van der Waals surface area contributed by atoms with Crippen molar-refractivity contribution in [3.63, 3.8) is 0 Å². The molecule has 0 spiro atoms. The first-order valence-corrected chi connectivity index (χ1v) is 7.54. The summed E-state index contributed by atoms with van der Waals surface area (Å²) in [6, 6.07) is 2.81. The standard InChI is InChI=1S/C16H28N2O2/c1-16(2,3)17-11-15-13(7-9-20-15)12-19-10-8-18(4)14-5-6-14/h7,9,14,17H,5-6,8,10-12H2,1-4H3. The maximum atomic E-state index is 5.77. The molecular weight excluding hydrogens is 252 g/mol. The largest absolute Gasteiger partial charge is 0.468 e. The molecular formula is C16H28N2O2. The smallest absolute Gasteiger partial charge is 0.123 e. The third-order valence-corrected chi connectivity index (χ3v) is 3.63. The molecule has 1 aromatic rings. The zero-order valence-corrected chi connectivity index (χ0v) is 13.2. The highest BCUT2D eigenvalue weighted by Crippen LogP contribution is 2.24. The van der Waals surface area contributed by atoms with Crippen LogP contribution < -0.4 is 5.32 Å². The molecule has 1 saturated carbocycles. The van der Waals surface area contributed by atoms with E-state index in [1.165, 1.54) is 12.8 Å². The fraction of sp³-hybridized carbons (Fsp3) is 0.750. The molecule has 1 aliphatic carbocycles. The first kappa shape index (κ1) is 15.5. The minimum atomic E-state index is 0.0951. The van der Waals surface area contributed by atoms with Crippen LogP contribution in [-0.2, 0) is 17.9 Å². The maximum absolute atomic E-state index is 5.77. The number of nitrogens with zero attached hydrogens (tertiary/aromatic N) is 1. The summed E-state index contributed by atoms with van der Waals surface area (Å²) >= 11 is 0. The van der Waals surface area contributed by atoms with Crippen LogP contribution in [0.1, 0.15) is 44.9 Å². The summed E-state index contributed by atoms with van der Waals surface area (Å²) in [5, 5.41) is 3.44. The molecule has 0 radical (unpaired) electrons. The lowest BCUT2D eigenvalue weighted by Gasteiger charge is -2.20. The van der Waals surface area contributed by atoms with E-state index in [0.717, 1.165) is 37.1 Å². The van der Waals surface area contributed by atoms with Crippen molar-refractivity contribution in [3.05, 3.63) is 23.7 Å². The zero-order chi connectivity index (χ0) is 14.6. The third kappa shape index (κ3) is 5.27. The summed E-state index contributed by atoms with van der Waals surface area (Å²) in [5.74, 6) is 0.982. The van der Waals surface area contributed by atoms with Crippen molar-refractivity contribution in [1.29, 1.82) is 0 Å². The zero-order valence-electron chi connectivity index (χ0n) is 13.2. The van der Waals surface area contributed by atoms with Crippen molar-refractivity contribution in [3.8, 4) is 0 Å². The van der Waals surface area contributed by atoms with Gasteiger partial charge in [-0.25, -0.2) is 0 Å². The molecule has 114 valence electrons. The second-order valence-corrected chi connectivity index (χ2v) is 6.74. The van der Waals surface area contributed by atoms with E-state index in [9.17, 15) is 0 Å². The summed E-state index contributed by atoms with van der Waals surface area (Å²) in [6.07, 6.45) is 4.44. The second kappa shape index (κ2) is 6.74. The highest BCUT2D eigenvalue weighted by Gasteiger charge is 2.25. The molecule has 1 aliphatic rings. The Hall–Kier alpha value is -0.840. The van der Waals surface area contributed by atoms with Crippen LogP contribution >= 0.6 is 0 Å².